The van der Waals surface area contributed by atoms with Crippen LogP contribution in [0.3, 0.4) is 0 Å². The van der Waals surface area contributed by atoms with Crippen molar-refractivity contribution < 1.29 is 85.1 Å². The van der Waals surface area contributed by atoms with Crippen molar-refractivity contribution in [2.24, 2.45) is 0 Å². The highest BCUT2D eigenvalue weighted by molar-refractivity contribution is 7.69. The van der Waals surface area contributed by atoms with E-state index < -0.39 is 94.4 Å². The van der Waals surface area contributed by atoms with E-state index in [0.717, 1.165) is 12.7 Å². The smallest absolute Gasteiger partial charge is 0.387 e. The number of hydrogen-bond donors (Lipinski definition) is 10. The Balaban J connectivity index is 0.000000839. The predicted molar refractivity (Wildman–Crippen MR) is 416 cm³/mol. The number of fused-ring (bicyclic) bond motifs is 2. The van der Waals surface area contributed by atoms with Crippen LogP contribution >= 0.6 is 32.1 Å². The second kappa shape index (κ2) is 57.2. The molecule has 0 bridgehead atoms. The molecule has 2 fully saturated rings. The minimum Gasteiger partial charge on any atom is -0.387 e. The van der Waals surface area contributed by atoms with E-state index in [-0.39, 0.29) is 42.4 Å². The number of anilines is 2. The third kappa shape index (κ3) is 39.2. The Kier molecular flexibility index (Phi) is 54.6. The number of aliphatic hydroxyl groups is 4. The lowest BCUT2D eigenvalue weighted by Crippen LogP contribution is -2.33. The lowest BCUT2D eigenvalue weighted by molar-refractivity contribution is -0.0503. The van der Waals surface area contributed by atoms with Gasteiger partial charge in [0.15, 0.2) is 35.4 Å². The van der Waals surface area contributed by atoms with E-state index in [4.69, 9.17) is 25.5 Å². The van der Waals surface area contributed by atoms with Gasteiger partial charge in [-0.25, -0.2) is 47.9 Å². The number of aromatic nitrogens is 8. The number of imidazole rings is 2. The first kappa shape index (κ1) is 100. The lowest BCUT2D eigenvalue weighted by Gasteiger charge is -2.21. The predicted octanol–water partition coefficient (Wildman–Crippen LogP) is 12.0. The molecule has 0 aromatic carbocycles. The van der Waals surface area contributed by atoms with Crippen LogP contribution in [0.1, 0.15) is 250 Å². The second-order valence-electron chi connectivity index (χ2n) is 26.3. The van der Waals surface area contributed by atoms with E-state index in [9.17, 15) is 53.7 Å². The summed E-state index contributed by atoms with van der Waals surface area (Å²) >= 11 is 0. The molecule has 12 atom stereocenters. The van der Waals surface area contributed by atoms with Gasteiger partial charge in [-0.2, -0.15) is 8.62 Å². The summed E-state index contributed by atoms with van der Waals surface area (Å²) in [5.41, 5.74) is 12.0. The van der Waals surface area contributed by atoms with Crippen molar-refractivity contribution in [1.82, 2.24) is 58.6 Å². The number of nitrogen functional groups attached to an aromatic ring is 2. The van der Waals surface area contributed by atoms with Gasteiger partial charge < -0.3 is 85.1 Å². The summed E-state index contributed by atoms with van der Waals surface area (Å²) < 4.78 is 72.1. The monoisotopic (exact) mass is 1570 g/mol. The van der Waals surface area contributed by atoms with Gasteiger partial charge in [-0.3, -0.25) is 13.7 Å². The van der Waals surface area contributed by atoms with Crippen molar-refractivity contribution in [3.05, 3.63) is 25.3 Å². The number of ether oxygens (including phenoxy) is 2. The molecule has 2 saturated heterocycles. The van der Waals surface area contributed by atoms with Crippen molar-refractivity contribution in [3.63, 3.8) is 0 Å². The van der Waals surface area contributed by atoms with Gasteiger partial charge in [-0.05, 0) is 156 Å². The number of phosphoric ester groups is 1. The van der Waals surface area contributed by atoms with Gasteiger partial charge in [0.2, 0.25) is 0 Å². The molecule has 0 amide bonds. The molecule has 0 spiro atoms. The highest BCUT2D eigenvalue weighted by Gasteiger charge is 2.49. The number of hydrogen-bond acceptors (Lipinski definition) is 27. The zero-order chi connectivity index (χ0) is 77.5. The van der Waals surface area contributed by atoms with Crippen LogP contribution in [-0.4, -0.2) is 235 Å². The molecule has 2 aliphatic rings. The molecule has 4 aromatic heterocycles. The number of phosphoric acid groups is 3. The fraction of sp³-hybridized carbons (Fsp3) is 0.853. The topological polar surface area (TPSA) is 430 Å². The Labute approximate surface area is 630 Å². The van der Waals surface area contributed by atoms with Crippen molar-refractivity contribution in [3.8, 4) is 0 Å². The van der Waals surface area contributed by atoms with Gasteiger partial charge >= 0.3 is 32.1 Å². The minimum atomic E-state index is -6.03. The zero-order valence-corrected chi connectivity index (χ0v) is 68.9. The molecule has 0 aliphatic carbocycles. The van der Waals surface area contributed by atoms with E-state index in [2.05, 4.69) is 150 Å². The van der Waals surface area contributed by atoms with Crippen LogP contribution in [0.15, 0.2) is 25.3 Å². The number of nitrogens with two attached hydrogens (primary N) is 2. The third-order valence-corrected chi connectivity index (χ3v) is 22.8. The largest absolute Gasteiger partial charge is 0.490 e. The third-order valence-electron chi connectivity index (χ3n) is 17.3. The second-order valence-corrected chi connectivity index (χ2v) is 32.1. The first-order valence-corrected chi connectivity index (χ1v) is 44.0. The van der Waals surface area contributed by atoms with Gasteiger partial charge in [0, 0.05) is 8.41 Å². The molecule has 105 heavy (non-hydrogen) atoms. The average molecular weight is 1570 g/mol. The maximum atomic E-state index is 12.4. The van der Waals surface area contributed by atoms with Crippen LogP contribution in [0.4, 0.5) is 11.6 Å². The zero-order valence-electron chi connectivity index (χ0n) is 65.3. The van der Waals surface area contributed by atoms with E-state index >= 15 is 0 Å². The van der Waals surface area contributed by atoms with Gasteiger partial charge in [0.05, 0.1) is 25.9 Å². The molecule has 3 radical (unpaired) electrons. The molecule has 2 aliphatic heterocycles. The minimum absolute atomic E-state index is 0. The summed E-state index contributed by atoms with van der Waals surface area (Å²) in [5, 5.41) is 41.8. The highest BCUT2D eigenvalue weighted by Crippen LogP contribution is 2.70. The molecule has 0 saturated carbocycles. The van der Waals surface area contributed by atoms with Crippen LogP contribution in [0.5, 0.6) is 0 Å². The first-order valence-electron chi connectivity index (χ1n) is 38.4. The van der Waals surface area contributed by atoms with Crippen molar-refractivity contribution in [2.45, 2.75) is 286 Å². The summed E-state index contributed by atoms with van der Waals surface area (Å²) in [5.74, 6) is 0.0304. The van der Waals surface area contributed by atoms with E-state index in [0.29, 0.717) is 0 Å². The molecule has 6 rings (SSSR count). The molecular formula is C68H136BN14O18P4. The van der Waals surface area contributed by atoms with Crippen LogP contribution in [-0.2, 0) is 45.1 Å². The Bertz CT molecular complexity index is 2810. The number of nitrogens with zero attached hydrogens (tertiary/aromatic N) is 12. The van der Waals surface area contributed by atoms with Gasteiger partial charge in [-0.15, -0.1) is 0 Å². The molecule has 6 heterocycles. The molecule has 609 valence electrons. The van der Waals surface area contributed by atoms with Crippen LogP contribution in [0.25, 0.3) is 22.3 Å². The number of aliphatic hydroxyl groups excluding tert-OH is 4. The van der Waals surface area contributed by atoms with Gasteiger partial charge in [0.1, 0.15) is 60.3 Å². The lowest BCUT2D eigenvalue weighted by atomic mass is 10.1. The summed E-state index contributed by atoms with van der Waals surface area (Å²) in [6.07, 6.45) is 24.6. The molecule has 32 nitrogen and oxygen atoms in total. The maximum absolute atomic E-state index is 12.4. The Morgan fingerprint density at radius 3 is 0.962 bits per heavy atom. The van der Waals surface area contributed by atoms with Crippen LogP contribution in [0, 0.1) is 0 Å². The van der Waals surface area contributed by atoms with Crippen molar-refractivity contribution in [1.29, 1.82) is 0 Å². The summed E-state index contributed by atoms with van der Waals surface area (Å²) in [7, 11) is -21.0. The average Bonchev–Trinajstić information content (AvgIpc) is 1.63. The molecule has 4 aromatic rings. The SMILES string of the molecule is CCCCN(CCCC)CCCC.CCCCN(CCCC)CCCC.CCCCN(CCCC)CCCC.CCCCN(CCCC)CCCC.Nc1ncnc2c1ncn2[C@@H]1O[C@H](CO[P@@](O)OP(=O)(O)OP(=O)(O)OP(=O)(O)OC[C@H]2O[C@@H](n3cnc4c(N)ncnc43)[C@H](O)[C@@H]2O)[C@@H](O)[C@H]1O.[B]. The summed E-state index contributed by atoms with van der Waals surface area (Å²) in [6.45, 7) is 41.2. The fourth-order valence-corrected chi connectivity index (χ4v) is 15.5. The molecule has 37 heteroatoms. The van der Waals surface area contributed by atoms with Crippen molar-refractivity contribution >= 4 is 74.4 Å². The molecule has 3 unspecified atom stereocenters. The molecule has 12 N–H and O–H groups in total. The fourth-order valence-electron chi connectivity index (χ4n) is 11.0. The quantitative estimate of drug-likeness (QED) is 0.0145. The van der Waals surface area contributed by atoms with Crippen LogP contribution in [0.2, 0.25) is 0 Å². The van der Waals surface area contributed by atoms with Crippen molar-refractivity contribution in [2.75, 3.05) is 103 Å². The Hall–Kier alpha value is -2.88. The number of rotatable bonds is 50. The Morgan fingerprint density at radius 2 is 0.686 bits per heavy atom. The van der Waals surface area contributed by atoms with Gasteiger partial charge in [-0.1, -0.05) is 160 Å². The normalized spacial score (nSPS) is 20.7. The number of unbranched alkanes of at least 4 members (excludes halogenated alkanes) is 12. The molecular weight excluding hydrogens is 1440 g/mol. The summed E-state index contributed by atoms with van der Waals surface area (Å²) in [4.78, 5) is 73.8. The van der Waals surface area contributed by atoms with E-state index in [1.807, 2.05) is 0 Å². The van der Waals surface area contributed by atoms with Gasteiger partial charge in [0.25, 0.3) is 0 Å². The van der Waals surface area contributed by atoms with E-state index in [1.54, 1.807) is 0 Å². The Morgan fingerprint density at radius 1 is 0.419 bits per heavy atom. The standard InChI is InChI=1S/C20H28N10O18P4.4C12H27N.B/c21-15-9-17(25-3-23-15)29(5-27-9)19-13(33)11(31)7(44-19)1-42-49(35)46-51(38,39)48-52(40,41)47-50(36,37)43-2-8-12(32)14(34)20(45-8)30-6-28-10-16(22)24-4-26-18(10)30;4*1-4-7-10-13(11-8-5-2)12-9-6-3;/h3-8,11-14,19-20,31-35H,1-2H2,(H,36,37)(H,38,39)(H,40,41)(H2,21,23,25)(H2,22,24,26);4*4-12H2,1-3H3;/t7-,8-,11-,12-,13-,14-,19-,20-,49-;;;;;/m1...../s1. The van der Waals surface area contributed by atoms with Crippen LogP contribution < -0.4 is 11.5 Å². The summed E-state index contributed by atoms with van der Waals surface area (Å²) in [6, 6.07) is 0. The highest BCUT2D eigenvalue weighted by atomic mass is 31.3. The first-order chi connectivity index (χ1) is 49.7. The maximum Gasteiger partial charge on any atom is 0.490 e. The van der Waals surface area contributed by atoms with E-state index in [1.165, 1.54) is 254 Å².